The second-order valence-electron chi connectivity index (χ2n) is 5.32. The highest BCUT2D eigenvalue weighted by molar-refractivity contribution is 7.98. The van der Waals surface area contributed by atoms with Gasteiger partial charge in [-0.05, 0) is 19.8 Å². The number of H-pyrrole nitrogens is 1. The number of nitrogens with zero attached hydrogens (tertiary/aromatic N) is 4. The Labute approximate surface area is 137 Å². The van der Waals surface area contributed by atoms with Crippen LogP contribution in [0.1, 0.15) is 24.1 Å². The second kappa shape index (κ2) is 6.47. The first-order valence-electron chi connectivity index (χ1n) is 7.14. The molecule has 1 saturated heterocycles. The molecule has 1 aliphatic rings. The van der Waals surface area contributed by atoms with Gasteiger partial charge in [-0.15, -0.1) is 5.10 Å². The van der Waals surface area contributed by atoms with Crippen molar-refractivity contribution in [2.24, 2.45) is 7.05 Å². The number of aryl methyl sites for hydroxylation is 2. The monoisotopic (exact) mass is 343 g/mol. The van der Waals surface area contributed by atoms with Crippen LogP contribution in [0, 0.1) is 6.92 Å². The van der Waals surface area contributed by atoms with Crippen LogP contribution in [0.2, 0.25) is 5.15 Å². The Hall–Kier alpha value is -1.25. The van der Waals surface area contributed by atoms with Gasteiger partial charge in [0, 0.05) is 25.0 Å². The Balaban J connectivity index is 1.74. The van der Waals surface area contributed by atoms with E-state index in [1.54, 1.807) is 9.25 Å². The maximum Gasteiger partial charge on any atom is 0.344 e. The molecule has 7 nitrogen and oxygen atoms in total. The summed E-state index contributed by atoms with van der Waals surface area (Å²) in [5.74, 6) is 0.619. The molecule has 1 aliphatic heterocycles. The predicted octanol–water partition coefficient (Wildman–Crippen LogP) is 1.74. The quantitative estimate of drug-likeness (QED) is 0.837. The van der Waals surface area contributed by atoms with Crippen LogP contribution < -0.4 is 5.69 Å². The van der Waals surface area contributed by atoms with Crippen molar-refractivity contribution in [1.82, 2.24) is 24.5 Å². The largest absolute Gasteiger partial charge is 0.376 e. The predicted molar refractivity (Wildman–Crippen MR) is 84.3 cm³/mol. The molecule has 1 N–H and O–H groups in total. The van der Waals surface area contributed by atoms with Crippen molar-refractivity contribution < 1.29 is 4.74 Å². The Morgan fingerprint density at radius 1 is 1.55 bits per heavy atom. The fourth-order valence-electron chi connectivity index (χ4n) is 2.54. The van der Waals surface area contributed by atoms with Gasteiger partial charge in [0.15, 0.2) is 5.16 Å². The minimum Gasteiger partial charge on any atom is -0.376 e. The summed E-state index contributed by atoms with van der Waals surface area (Å²) >= 11 is 7.71. The van der Waals surface area contributed by atoms with E-state index < -0.39 is 0 Å². The molecule has 0 amide bonds. The van der Waals surface area contributed by atoms with Crippen LogP contribution in [-0.2, 0) is 24.1 Å². The molecule has 120 valence electrons. The van der Waals surface area contributed by atoms with Crippen molar-refractivity contribution in [2.45, 2.75) is 43.3 Å². The number of thioether (sulfide) groups is 1. The molecule has 3 rings (SSSR count). The summed E-state index contributed by atoms with van der Waals surface area (Å²) in [6, 6.07) is 0. The standard InChI is InChI=1S/C13H18ClN5O2S/c1-8-10(11(14)18(2)17-8)7-22-13-16-15-12(20)19(13)6-9-4-3-5-21-9/h9H,3-7H2,1-2H3,(H,15,20)/t9-/m0/s1. The molecule has 22 heavy (non-hydrogen) atoms. The number of hydrogen-bond acceptors (Lipinski definition) is 5. The molecule has 0 aliphatic carbocycles. The number of halogens is 1. The van der Waals surface area contributed by atoms with Gasteiger partial charge in [-0.2, -0.15) is 5.10 Å². The molecule has 0 aromatic carbocycles. The van der Waals surface area contributed by atoms with E-state index in [4.69, 9.17) is 16.3 Å². The van der Waals surface area contributed by atoms with Gasteiger partial charge in [0.2, 0.25) is 0 Å². The minimum absolute atomic E-state index is 0.0957. The van der Waals surface area contributed by atoms with Crippen molar-refractivity contribution in [2.75, 3.05) is 6.61 Å². The van der Waals surface area contributed by atoms with Crippen molar-refractivity contribution in [3.63, 3.8) is 0 Å². The molecular weight excluding hydrogens is 326 g/mol. The van der Waals surface area contributed by atoms with E-state index in [0.29, 0.717) is 22.6 Å². The number of aromatic nitrogens is 5. The lowest BCUT2D eigenvalue weighted by Crippen LogP contribution is -2.24. The van der Waals surface area contributed by atoms with E-state index in [1.165, 1.54) is 11.8 Å². The van der Waals surface area contributed by atoms with Gasteiger partial charge in [0.05, 0.1) is 18.3 Å². The Kier molecular flexibility index (Phi) is 4.60. The van der Waals surface area contributed by atoms with Gasteiger partial charge in [-0.25, -0.2) is 9.89 Å². The number of hydrogen-bond donors (Lipinski definition) is 1. The summed E-state index contributed by atoms with van der Waals surface area (Å²) in [6.07, 6.45) is 2.12. The first kappa shape index (κ1) is 15.6. The zero-order valence-corrected chi connectivity index (χ0v) is 14.1. The summed E-state index contributed by atoms with van der Waals surface area (Å²) in [5.41, 5.74) is 1.66. The third-order valence-electron chi connectivity index (χ3n) is 3.75. The highest BCUT2D eigenvalue weighted by Gasteiger charge is 2.20. The van der Waals surface area contributed by atoms with Crippen LogP contribution in [0.3, 0.4) is 0 Å². The Morgan fingerprint density at radius 3 is 3.00 bits per heavy atom. The van der Waals surface area contributed by atoms with Gasteiger partial charge in [0.25, 0.3) is 0 Å². The molecule has 2 aromatic rings. The molecule has 1 atom stereocenters. The van der Waals surface area contributed by atoms with Crippen LogP contribution in [0.4, 0.5) is 0 Å². The van der Waals surface area contributed by atoms with Crippen molar-refractivity contribution in [3.05, 3.63) is 26.9 Å². The van der Waals surface area contributed by atoms with E-state index in [-0.39, 0.29) is 11.8 Å². The number of rotatable bonds is 5. The van der Waals surface area contributed by atoms with E-state index in [9.17, 15) is 4.79 Å². The van der Waals surface area contributed by atoms with E-state index in [1.807, 2.05) is 14.0 Å². The van der Waals surface area contributed by atoms with Gasteiger partial charge in [-0.3, -0.25) is 9.25 Å². The van der Waals surface area contributed by atoms with Crippen molar-refractivity contribution >= 4 is 23.4 Å². The van der Waals surface area contributed by atoms with Crippen molar-refractivity contribution in [1.29, 1.82) is 0 Å². The molecular formula is C13H18ClN5O2S. The molecule has 1 fully saturated rings. The molecule has 0 saturated carbocycles. The number of ether oxygens (including phenoxy) is 1. The summed E-state index contributed by atoms with van der Waals surface area (Å²) in [5, 5.41) is 12.2. The van der Waals surface area contributed by atoms with E-state index in [2.05, 4.69) is 15.3 Å². The average molecular weight is 344 g/mol. The number of aromatic amines is 1. The molecule has 0 unspecified atom stereocenters. The second-order valence-corrected chi connectivity index (χ2v) is 6.62. The lowest BCUT2D eigenvalue weighted by Gasteiger charge is -2.10. The SMILES string of the molecule is Cc1nn(C)c(Cl)c1CSc1n[nH]c(=O)n1C[C@@H]1CCCO1. The lowest BCUT2D eigenvalue weighted by atomic mass is 10.2. The maximum atomic E-state index is 11.9. The number of nitrogens with one attached hydrogen (secondary N) is 1. The van der Waals surface area contributed by atoms with Gasteiger partial charge in [-0.1, -0.05) is 23.4 Å². The molecule has 0 radical (unpaired) electrons. The van der Waals surface area contributed by atoms with Gasteiger partial charge < -0.3 is 4.74 Å². The smallest absolute Gasteiger partial charge is 0.344 e. The molecule has 3 heterocycles. The summed E-state index contributed by atoms with van der Waals surface area (Å²) < 4.78 is 8.88. The average Bonchev–Trinajstić information content (AvgIpc) is 3.16. The van der Waals surface area contributed by atoms with Gasteiger partial charge >= 0.3 is 5.69 Å². The molecule has 0 bridgehead atoms. The summed E-state index contributed by atoms with van der Waals surface area (Å²) in [6.45, 7) is 3.23. The third kappa shape index (κ3) is 3.09. The van der Waals surface area contributed by atoms with Crippen LogP contribution in [-0.4, -0.2) is 37.3 Å². The van der Waals surface area contributed by atoms with Crippen LogP contribution in [0.5, 0.6) is 0 Å². The van der Waals surface area contributed by atoms with Crippen LogP contribution in [0.15, 0.2) is 9.95 Å². The third-order valence-corrected chi connectivity index (χ3v) is 5.22. The van der Waals surface area contributed by atoms with E-state index >= 15 is 0 Å². The summed E-state index contributed by atoms with van der Waals surface area (Å²) in [4.78, 5) is 11.9. The topological polar surface area (TPSA) is 77.7 Å². The highest BCUT2D eigenvalue weighted by Crippen LogP contribution is 2.27. The lowest BCUT2D eigenvalue weighted by molar-refractivity contribution is 0.0941. The van der Waals surface area contributed by atoms with Gasteiger partial charge in [0.1, 0.15) is 5.15 Å². The summed E-state index contributed by atoms with van der Waals surface area (Å²) in [7, 11) is 1.81. The first-order chi connectivity index (χ1) is 10.6. The fraction of sp³-hybridized carbons (Fsp3) is 0.615. The fourth-order valence-corrected chi connectivity index (χ4v) is 3.90. The molecule has 9 heteroatoms. The first-order valence-corrected chi connectivity index (χ1v) is 8.50. The van der Waals surface area contributed by atoms with E-state index in [0.717, 1.165) is 30.7 Å². The van der Waals surface area contributed by atoms with Crippen molar-refractivity contribution in [3.8, 4) is 0 Å². The zero-order chi connectivity index (χ0) is 15.7. The Bertz CT molecular complexity index is 717. The molecule has 2 aromatic heterocycles. The molecule has 0 spiro atoms. The van der Waals surface area contributed by atoms with Crippen LogP contribution in [0.25, 0.3) is 0 Å². The Morgan fingerprint density at radius 2 is 2.36 bits per heavy atom. The van der Waals surface area contributed by atoms with Crippen LogP contribution >= 0.6 is 23.4 Å². The normalized spacial score (nSPS) is 18.2. The minimum atomic E-state index is -0.202. The highest BCUT2D eigenvalue weighted by atomic mass is 35.5. The maximum absolute atomic E-state index is 11.9. The zero-order valence-electron chi connectivity index (χ0n) is 12.5.